The van der Waals surface area contributed by atoms with Gasteiger partial charge >= 0.3 is 0 Å². The molecule has 3 heterocycles. The summed E-state index contributed by atoms with van der Waals surface area (Å²) in [5, 5.41) is 6.44. The van der Waals surface area contributed by atoms with Gasteiger partial charge in [0.25, 0.3) is 5.91 Å². The molecule has 0 radical (unpaired) electrons. The topological polar surface area (TPSA) is 86.3 Å². The Bertz CT molecular complexity index is 1060. The molecule has 4 rings (SSSR count). The lowest BCUT2D eigenvalue weighted by molar-refractivity contribution is 0.0664. The first-order chi connectivity index (χ1) is 15.5. The van der Waals surface area contributed by atoms with Gasteiger partial charge in [-0.25, -0.2) is 14.4 Å². The molecule has 1 amide bonds. The predicted octanol–water partition coefficient (Wildman–Crippen LogP) is 3.74. The fourth-order valence-corrected chi connectivity index (χ4v) is 3.54. The van der Waals surface area contributed by atoms with Gasteiger partial charge in [0.1, 0.15) is 23.3 Å². The van der Waals surface area contributed by atoms with Gasteiger partial charge < -0.3 is 20.4 Å². The standard InChI is InChI=1S/C23H26FN7O.ClH/c1-16(17-3-5-19(24)6-4-17)27-20-13-18(23(32)31-11-9-30(2)10-12-31)14-21(28-20)29-22-15-25-7-8-26-22;/h3-8,13-16H,9-12H2,1-2H3,(H2,26,27,28,29);1H. The SMILES string of the molecule is CC(Nc1cc(C(=O)N2CCN(C)CC2)cc(Nc2cnccn2)n1)c1ccc(F)cc1.Cl. The molecule has 1 aliphatic rings. The van der Waals surface area contributed by atoms with Gasteiger partial charge in [-0.15, -0.1) is 12.4 Å². The summed E-state index contributed by atoms with van der Waals surface area (Å²) in [5.41, 5.74) is 1.44. The maximum Gasteiger partial charge on any atom is 0.254 e. The first-order valence-corrected chi connectivity index (χ1v) is 10.5. The summed E-state index contributed by atoms with van der Waals surface area (Å²) in [6, 6.07) is 9.65. The molecule has 1 aliphatic heterocycles. The van der Waals surface area contributed by atoms with E-state index < -0.39 is 0 Å². The van der Waals surface area contributed by atoms with Gasteiger partial charge in [-0.1, -0.05) is 12.1 Å². The molecule has 174 valence electrons. The van der Waals surface area contributed by atoms with Crippen molar-refractivity contribution in [2.45, 2.75) is 13.0 Å². The number of likely N-dealkylation sites (N-methyl/N-ethyl adjacent to an activating group) is 1. The molecule has 1 unspecified atom stereocenters. The third kappa shape index (κ3) is 6.36. The lowest BCUT2D eigenvalue weighted by atomic mass is 10.1. The third-order valence-corrected chi connectivity index (χ3v) is 5.42. The Morgan fingerprint density at radius 1 is 1.03 bits per heavy atom. The average Bonchev–Trinajstić information content (AvgIpc) is 2.80. The van der Waals surface area contributed by atoms with E-state index in [1.807, 2.05) is 11.8 Å². The van der Waals surface area contributed by atoms with Crippen LogP contribution in [0.3, 0.4) is 0 Å². The van der Waals surface area contributed by atoms with Crippen LogP contribution in [0.2, 0.25) is 0 Å². The monoisotopic (exact) mass is 471 g/mol. The van der Waals surface area contributed by atoms with Crippen molar-refractivity contribution in [2.24, 2.45) is 0 Å². The van der Waals surface area contributed by atoms with Crippen molar-refractivity contribution in [3.05, 3.63) is 71.9 Å². The Kier molecular flexibility index (Phi) is 8.13. The highest BCUT2D eigenvalue weighted by Gasteiger charge is 2.22. The molecule has 2 aromatic heterocycles. The summed E-state index contributed by atoms with van der Waals surface area (Å²) in [5.74, 6) is 1.23. The molecule has 1 saturated heterocycles. The average molecular weight is 472 g/mol. The number of halogens is 2. The van der Waals surface area contributed by atoms with Crippen LogP contribution in [-0.4, -0.2) is 63.9 Å². The minimum atomic E-state index is -0.283. The predicted molar refractivity (Wildman–Crippen MR) is 129 cm³/mol. The Hall–Kier alpha value is -3.30. The molecule has 2 N–H and O–H groups in total. The first kappa shape index (κ1) is 24.3. The van der Waals surface area contributed by atoms with Crippen LogP contribution in [0.1, 0.15) is 28.9 Å². The molecule has 8 nitrogen and oxygen atoms in total. The zero-order chi connectivity index (χ0) is 22.5. The highest BCUT2D eigenvalue weighted by molar-refractivity contribution is 5.96. The van der Waals surface area contributed by atoms with E-state index in [0.29, 0.717) is 36.1 Å². The smallest absolute Gasteiger partial charge is 0.254 e. The quantitative estimate of drug-likeness (QED) is 0.566. The summed E-state index contributed by atoms with van der Waals surface area (Å²) in [7, 11) is 2.05. The number of carbonyl (C=O) groups is 1. The second-order valence-corrected chi connectivity index (χ2v) is 7.86. The van der Waals surface area contributed by atoms with Gasteiger partial charge in [0, 0.05) is 50.2 Å². The van der Waals surface area contributed by atoms with Crippen LogP contribution in [0.4, 0.5) is 21.8 Å². The molecule has 1 atom stereocenters. The number of hydrogen-bond donors (Lipinski definition) is 2. The highest BCUT2D eigenvalue weighted by Crippen LogP contribution is 2.23. The minimum Gasteiger partial charge on any atom is -0.363 e. The number of benzene rings is 1. The molecule has 0 bridgehead atoms. The van der Waals surface area contributed by atoms with Crippen molar-refractivity contribution in [1.82, 2.24) is 24.8 Å². The minimum absolute atomic E-state index is 0. The van der Waals surface area contributed by atoms with Crippen LogP contribution in [0.5, 0.6) is 0 Å². The van der Waals surface area contributed by atoms with Gasteiger partial charge in [-0.05, 0) is 43.8 Å². The summed E-state index contributed by atoms with van der Waals surface area (Å²) < 4.78 is 13.3. The number of pyridine rings is 1. The maximum atomic E-state index is 13.3. The molecule has 1 fully saturated rings. The van der Waals surface area contributed by atoms with Gasteiger partial charge in [0.15, 0.2) is 0 Å². The molecular weight excluding hydrogens is 445 g/mol. The molecular formula is C23H27ClFN7O. The van der Waals surface area contributed by atoms with E-state index in [4.69, 9.17) is 0 Å². The van der Waals surface area contributed by atoms with E-state index in [2.05, 4.69) is 37.5 Å². The maximum absolute atomic E-state index is 13.3. The Morgan fingerprint density at radius 3 is 2.39 bits per heavy atom. The summed E-state index contributed by atoms with van der Waals surface area (Å²) in [6.45, 7) is 5.00. The lowest BCUT2D eigenvalue weighted by Crippen LogP contribution is -2.47. The van der Waals surface area contributed by atoms with Crippen molar-refractivity contribution < 1.29 is 9.18 Å². The third-order valence-electron chi connectivity index (χ3n) is 5.42. The van der Waals surface area contributed by atoms with Gasteiger partial charge in [0.2, 0.25) is 0 Å². The van der Waals surface area contributed by atoms with Gasteiger partial charge in [-0.3, -0.25) is 9.78 Å². The van der Waals surface area contributed by atoms with E-state index in [1.54, 1.807) is 42.9 Å². The van der Waals surface area contributed by atoms with Crippen LogP contribution in [-0.2, 0) is 0 Å². The molecule has 1 aromatic carbocycles. The molecule has 10 heteroatoms. The van der Waals surface area contributed by atoms with Crippen LogP contribution in [0, 0.1) is 5.82 Å². The number of amides is 1. The largest absolute Gasteiger partial charge is 0.363 e. The van der Waals surface area contributed by atoms with Crippen LogP contribution in [0.25, 0.3) is 0 Å². The number of hydrogen-bond acceptors (Lipinski definition) is 7. The molecule has 0 aliphatic carbocycles. The normalized spacial score (nSPS) is 14.8. The fraction of sp³-hybridized carbons (Fsp3) is 0.304. The highest BCUT2D eigenvalue weighted by atomic mass is 35.5. The lowest BCUT2D eigenvalue weighted by Gasteiger charge is -2.32. The zero-order valence-electron chi connectivity index (χ0n) is 18.5. The summed E-state index contributed by atoms with van der Waals surface area (Å²) in [4.78, 5) is 30.2. The van der Waals surface area contributed by atoms with Crippen molar-refractivity contribution in [1.29, 1.82) is 0 Å². The van der Waals surface area contributed by atoms with Gasteiger partial charge in [0.05, 0.1) is 6.20 Å². The van der Waals surface area contributed by atoms with Crippen LogP contribution in [0.15, 0.2) is 55.0 Å². The molecule has 0 spiro atoms. The fourth-order valence-electron chi connectivity index (χ4n) is 3.54. The van der Waals surface area contributed by atoms with E-state index in [0.717, 1.165) is 18.7 Å². The number of piperazine rings is 1. The Balaban J connectivity index is 0.00000306. The Labute approximate surface area is 198 Å². The number of nitrogens with zero attached hydrogens (tertiary/aromatic N) is 5. The molecule has 0 saturated carbocycles. The van der Waals surface area contributed by atoms with Crippen molar-refractivity contribution in [3.63, 3.8) is 0 Å². The van der Waals surface area contributed by atoms with E-state index in [9.17, 15) is 9.18 Å². The van der Waals surface area contributed by atoms with Gasteiger partial charge in [-0.2, -0.15) is 0 Å². The van der Waals surface area contributed by atoms with E-state index >= 15 is 0 Å². The first-order valence-electron chi connectivity index (χ1n) is 10.5. The number of anilines is 3. The summed E-state index contributed by atoms with van der Waals surface area (Å²) in [6.07, 6.45) is 4.76. The zero-order valence-corrected chi connectivity index (χ0v) is 19.3. The van der Waals surface area contributed by atoms with E-state index in [1.165, 1.54) is 12.1 Å². The Morgan fingerprint density at radius 2 is 1.73 bits per heavy atom. The van der Waals surface area contributed by atoms with Crippen molar-refractivity contribution >= 4 is 35.8 Å². The van der Waals surface area contributed by atoms with Crippen molar-refractivity contribution in [2.75, 3.05) is 43.9 Å². The second kappa shape index (κ2) is 11.0. The molecule has 33 heavy (non-hydrogen) atoms. The van der Waals surface area contributed by atoms with Crippen molar-refractivity contribution in [3.8, 4) is 0 Å². The number of nitrogens with one attached hydrogen (secondary N) is 2. The van der Waals surface area contributed by atoms with Crippen LogP contribution < -0.4 is 10.6 Å². The van der Waals surface area contributed by atoms with Crippen LogP contribution >= 0.6 is 12.4 Å². The molecule has 3 aromatic rings. The second-order valence-electron chi connectivity index (χ2n) is 7.86. The summed E-state index contributed by atoms with van der Waals surface area (Å²) >= 11 is 0. The van der Waals surface area contributed by atoms with E-state index in [-0.39, 0.29) is 30.2 Å². The number of carbonyl (C=O) groups excluding carboxylic acids is 1. The number of aromatic nitrogens is 3. The number of rotatable bonds is 6.